The molecule has 90 valence electrons. The molecule has 0 saturated heterocycles. The van der Waals surface area contributed by atoms with Crippen LogP contribution in [0.4, 0.5) is 0 Å². The fourth-order valence-corrected chi connectivity index (χ4v) is 2.15. The van der Waals surface area contributed by atoms with Crippen LogP contribution in [0, 0.1) is 0 Å². The molecule has 1 N–H and O–H groups in total. The second-order valence-corrected chi connectivity index (χ2v) is 4.29. The van der Waals surface area contributed by atoms with E-state index in [2.05, 4.69) is 24.4 Å². The SMILES string of the molecule is COC(=O)C1=CC(c2ccccc2)C(C)NC1. The summed E-state index contributed by atoms with van der Waals surface area (Å²) < 4.78 is 4.76. The third-order valence-electron chi connectivity index (χ3n) is 3.17. The smallest absolute Gasteiger partial charge is 0.334 e. The minimum atomic E-state index is -0.245. The fourth-order valence-electron chi connectivity index (χ4n) is 2.15. The monoisotopic (exact) mass is 231 g/mol. The van der Waals surface area contributed by atoms with Gasteiger partial charge in [0.05, 0.1) is 7.11 Å². The summed E-state index contributed by atoms with van der Waals surface area (Å²) in [6.45, 7) is 2.71. The van der Waals surface area contributed by atoms with Gasteiger partial charge in [0.2, 0.25) is 0 Å². The molecule has 1 heterocycles. The second kappa shape index (κ2) is 5.15. The third-order valence-corrected chi connectivity index (χ3v) is 3.17. The zero-order valence-corrected chi connectivity index (χ0v) is 10.1. The maximum absolute atomic E-state index is 11.5. The minimum Gasteiger partial charge on any atom is -0.466 e. The molecule has 0 fully saturated rings. The molecule has 0 radical (unpaired) electrons. The zero-order chi connectivity index (χ0) is 12.3. The van der Waals surface area contributed by atoms with E-state index in [1.54, 1.807) is 0 Å². The van der Waals surface area contributed by atoms with E-state index >= 15 is 0 Å². The molecular formula is C14H17NO2. The molecule has 3 nitrogen and oxygen atoms in total. The maximum atomic E-state index is 11.5. The van der Waals surface area contributed by atoms with Gasteiger partial charge in [-0.1, -0.05) is 36.4 Å². The summed E-state index contributed by atoms with van der Waals surface area (Å²) in [4.78, 5) is 11.5. The molecule has 0 bridgehead atoms. The standard InChI is InChI=1S/C14H17NO2/c1-10-13(11-6-4-3-5-7-11)8-12(9-15-10)14(16)17-2/h3-8,10,13,15H,9H2,1-2H3. The predicted octanol–water partition coefficient (Wildman–Crippen LogP) is 1.86. The van der Waals surface area contributed by atoms with Crippen LogP contribution in [0.5, 0.6) is 0 Å². The Morgan fingerprint density at radius 2 is 2.06 bits per heavy atom. The molecule has 2 unspecified atom stereocenters. The zero-order valence-electron chi connectivity index (χ0n) is 10.1. The molecule has 0 spiro atoms. The highest BCUT2D eigenvalue weighted by Gasteiger charge is 2.24. The summed E-state index contributed by atoms with van der Waals surface area (Å²) in [5.41, 5.74) is 1.92. The van der Waals surface area contributed by atoms with Crippen LogP contribution in [-0.2, 0) is 9.53 Å². The van der Waals surface area contributed by atoms with Crippen LogP contribution in [0.2, 0.25) is 0 Å². The largest absolute Gasteiger partial charge is 0.466 e. The summed E-state index contributed by atoms with van der Waals surface area (Å²) in [5.74, 6) is -0.0237. The Morgan fingerprint density at radius 3 is 2.71 bits per heavy atom. The number of carbonyl (C=O) groups excluding carboxylic acids is 1. The number of hydrogen-bond donors (Lipinski definition) is 1. The quantitative estimate of drug-likeness (QED) is 0.790. The molecule has 1 aromatic rings. The molecular weight excluding hydrogens is 214 g/mol. The number of ether oxygens (including phenoxy) is 1. The van der Waals surface area contributed by atoms with Crippen molar-refractivity contribution in [3.05, 3.63) is 47.5 Å². The summed E-state index contributed by atoms with van der Waals surface area (Å²) in [6, 6.07) is 10.5. The highest BCUT2D eigenvalue weighted by molar-refractivity contribution is 5.89. The van der Waals surface area contributed by atoms with E-state index in [-0.39, 0.29) is 11.9 Å². The number of hydrogen-bond acceptors (Lipinski definition) is 3. The van der Waals surface area contributed by atoms with Gasteiger partial charge in [0, 0.05) is 24.1 Å². The van der Waals surface area contributed by atoms with E-state index in [0.29, 0.717) is 18.2 Å². The van der Waals surface area contributed by atoms with Crippen LogP contribution in [0.25, 0.3) is 0 Å². The Hall–Kier alpha value is -1.61. The van der Waals surface area contributed by atoms with Gasteiger partial charge >= 0.3 is 5.97 Å². The van der Waals surface area contributed by atoms with Crippen molar-refractivity contribution >= 4 is 5.97 Å². The highest BCUT2D eigenvalue weighted by atomic mass is 16.5. The summed E-state index contributed by atoms with van der Waals surface area (Å²) in [5, 5.41) is 3.33. The third kappa shape index (κ3) is 2.56. The van der Waals surface area contributed by atoms with Gasteiger partial charge in [-0.05, 0) is 12.5 Å². The topological polar surface area (TPSA) is 38.3 Å². The lowest BCUT2D eigenvalue weighted by Crippen LogP contribution is -2.38. The molecule has 0 aromatic heterocycles. The van der Waals surface area contributed by atoms with Crippen LogP contribution < -0.4 is 5.32 Å². The van der Waals surface area contributed by atoms with Crippen LogP contribution in [0.15, 0.2) is 42.0 Å². The maximum Gasteiger partial charge on any atom is 0.334 e. The van der Waals surface area contributed by atoms with E-state index in [1.807, 2.05) is 24.3 Å². The lowest BCUT2D eigenvalue weighted by molar-refractivity contribution is -0.136. The Labute approximate surface area is 101 Å². The molecule has 0 aliphatic carbocycles. The lowest BCUT2D eigenvalue weighted by Gasteiger charge is -2.28. The van der Waals surface area contributed by atoms with Gasteiger partial charge in [-0.2, -0.15) is 0 Å². The van der Waals surface area contributed by atoms with E-state index in [1.165, 1.54) is 12.7 Å². The summed E-state index contributed by atoms with van der Waals surface area (Å²) in [6.07, 6.45) is 2.02. The Balaban J connectivity index is 2.28. The van der Waals surface area contributed by atoms with Gasteiger partial charge in [-0.25, -0.2) is 4.79 Å². The molecule has 1 aliphatic heterocycles. The summed E-state index contributed by atoms with van der Waals surface area (Å²) >= 11 is 0. The van der Waals surface area contributed by atoms with Crippen molar-refractivity contribution in [2.24, 2.45) is 0 Å². The van der Waals surface area contributed by atoms with Crippen LogP contribution >= 0.6 is 0 Å². The van der Waals surface area contributed by atoms with Gasteiger partial charge in [-0.15, -0.1) is 0 Å². The van der Waals surface area contributed by atoms with Crippen LogP contribution in [0.1, 0.15) is 18.4 Å². The van der Waals surface area contributed by atoms with Gasteiger partial charge in [0.1, 0.15) is 0 Å². The number of methoxy groups -OCH3 is 1. The van der Waals surface area contributed by atoms with Crippen LogP contribution in [0.3, 0.4) is 0 Å². The fraction of sp³-hybridized carbons (Fsp3) is 0.357. The normalized spacial score (nSPS) is 24.0. The highest BCUT2D eigenvalue weighted by Crippen LogP contribution is 2.25. The average Bonchev–Trinajstić information content (AvgIpc) is 2.39. The van der Waals surface area contributed by atoms with Gasteiger partial charge in [-0.3, -0.25) is 0 Å². The average molecular weight is 231 g/mol. The van der Waals surface area contributed by atoms with Crippen molar-refractivity contribution in [2.45, 2.75) is 18.9 Å². The van der Waals surface area contributed by atoms with Crippen molar-refractivity contribution in [3.8, 4) is 0 Å². The molecule has 0 saturated carbocycles. The van der Waals surface area contributed by atoms with E-state index in [4.69, 9.17) is 4.74 Å². The molecule has 17 heavy (non-hydrogen) atoms. The van der Waals surface area contributed by atoms with Crippen molar-refractivity contribution in [1.82, 2.24) is 5.32 Å². The molecule has 3 heteroatoms. The molecule has 2 rings (SSSR count). The first-order chi connectivity index (χ1) is 8.22. The molecule has 1 aromatic carbocycles. The lowest BCUT2D eigenvalue weighted by atomic mass is 9.87. The van der Waals surface area contributed by atoms with Gasteiger partial charge in [0.15, 0.2) is 0 Å². The van der Waals surface area contributed by atoms with E-state index in [0.717, 1.165) is 0 Å². The molecule has 2 atom stereocenters. The number of benzene rings is 1. The van der Waals surface area contributed by atoms with Crippen molar-refractivity contribution < 1.29 is 9.53 Å². The summed E-state index contributed by atoms with van der Waals surface area (Å²) in [7, 11) is 1.42. The van der Waals surface area contributed by atoms with Crippen molar-refractivity contribution in [2.75, 3.05) is 13.7 Å². The first kappa shape index (κ1) is 11.9. The number of rotatable bonds is 2. The molecule has 0 amide bonds. The second-order valence-electron chi connectivity index (χ2n) is 4.29. The van der Waals surface area contributed by atoms with Crippen molar-refractivity contribution in [1.29, 1.82) is 0 Å². The van der Waals surface area contributed by atoms with Crippen molar-refractivity contribution in [3.63, 3.8) is 0 Å². The Kier molecular flexibility index (Phi) is 3.59. The number of carbonyl (C=O) groups is 1. The Morgan fingerprint density at radius 1 is 1.35 bits per heavy atom. The number of esters is 1. The minimum absolute atomic E-state index is 0.221. The first-order valence-corrected chi connectivity index (χ1v) is 5.79. The molecule has 1 aliphatic rings. The van der Waals surface area contributed by atoms with Crippen LogP contribution in [-0.4, -0.2) is 25.7 Å². The number of nitrogens with one attached hydrogen (secondary N) is 1. The van der Waals surface area contributed by atoms with Gasteiger partial charge < -0.3 is 10.1 Å². The van der Waals surface area contributed by atoms with Gasteiger partial charge in [0.25, 0.3) is 0 Å². The Bertz CT molecular complexity index is 425. The van der Waals surface area contributed by atoms with E-state index < -0.39 is 0 Å². The first-order valence-electron chi connectivity index (χ1n) is 5.79. The van der Waals surface area contributed by atoms with E-state index in [9.17, 15) is 4.79 Å². The predicted molar refractivity (Wildman–Crippen MR) is 66.7 cm³/mol.